The van der Waals surface area contributed by atoms with E-state index in [1.165, 1.54) is 23.9 Å². The summed E-state index contributed by atoms with van der Waals surface area (Å²) in [6.45, 7) is 0.606. The number of amides is 1. The maximum atomic E-state index is 12.6. The molecule has 10 heteroatoms. The van der Waals surface area contributed by atoms with Gasteiger partial charge in [-0.2, -0.15) is 18.2 Å². The van der Waals surface area contributed by atoms with Crippen LogP contribution in [0.25, 0.3) is 0 Å². The molecule has 6 nitrogen and oxygen atoms in total. The molecule has 0 unspecified atom stereocenters. The molecule has 1 N–H and O–H groups in total. The molecule has 1 heterocycles. The van der Waals surface area contributed by atoms with Crippen LogP contribution in [0, 0.1) is 6.92 Å². The summed E-state index contributed by atoms with van der Waals surface area (Å²) in [5, 5.41) is 6.54. The minimum absolute atomic E-state index is 0.111. The van der Waals surface area contributed by atoms with Crippen LogP contribution in [-0.4, -0.2) is 28.8 Å². The highest BCUT2D eigenvalue weighted by atomic mass is 32.2. The Bertz CT molecular complexity index is 991. The second-order valence-electron chi connectivity index (χ2n) is 6.25. The van der Waals surface area contributed by atoms with E-state index in [1.54, 1.807) is 31.2 Å². The average molecular weight is 437 g/mol. The molecule has 158 valence electrons. The number of carbonyl (C=O) groups excluding carboxylic acids is 1. The number of aromatic nitrogens is 2. The Morgan fingerprint density at radius 1 is 1.17 bits per heavy atom. The van der Waals surface area contributed by atoms with Gasteiger partial charge in [0, 0.05) is 11.4 Å². The lowest BCUT2D eigenvalue weighted by molar-refractivity contribution is -0.153. The molecule has 0 bridgehead atoms. The predicted octanol–water partition coefficient (Wildman–Crippen LogP) is 4.54. The summed E-state index contributed by atoms with van der Waals surface area (Å²) in [4.78, 5) is 17.5. The van der Waals surface area contributed by atoms with Crippen molar-refractivity contribution < 1.29 is 27.2 Å². The van der Waals surface area contributed by atoms with Crippen LogP contribution in [-0.2, 0) is 12.3 Å². The third-order valence-electron chi connectivity index (χ3n) is 3.83. The van der Waals surface area contributed by atoms with Crippen LogP contribution in [0.4, 0.5) is 13.2 Å². The first-order valence-corrected chi connectivity index (χ1v) is 9.86. The van der Waals surface area contributed by atoms with E-state index in [0.29, 0.717) is 23.0 Å². The number of nitrogens with one attached hydrogen (secondary N) is 1. The van der Waals surface area contributed by atoms with E-state index < -0.39 is 12.8 Å². The van der Waals surface area contributed by atoms with E-state index in [4.69, 9.17) is 4.52 Å². The average Bonchev–Trinajstić information content (AvgIpc) is 3.14. The van der Waals surface area contributed by atoms with Crippen LogP contribution in [0.1, 0.15) is 27.6 Å². The number of aryl methyl sites for hydroxylation is 1. The highest BCUT2D eigenvalue weighted by Gasteiger charge is 2.28. The number of hydrogen-bond acceptors (Lipinski definition) is 6. The molecule has 1 amide bonds. The van der Waals surface area contributed by atoms with Gasteiger partial charge in [0.05, 0.1) is 11.3 Å². The van der Waals surface area contributed by atoms with Crippen molar-refractivity contribution in [2.75, 3.05) is 6.61 Å². The maximum Gasteiger partial charge on any atom is 0.422 e. The molecule has 3 aromatic rings. The lowest BCUT2D eigenvalue weighted by Gasteiger charge is -2.11. The van der Waals surface area contributed by atoms with Gasteiger partial charge >= 0.3 is 6.18 Å². The fraction of sp³-hybridized carbons (Fsp3) is 0.250. The molecule has 30 heavy (non-hydrogen) atoms. The van der Waals surface area contributed by atoms with Gasteiger partial charge in [0.15, 0.2) is 12.4 Å². The van der Waals surface area contributed by atoms with Crippen molar-refractivity contribution in [3.8, 4) is 5.75 Å². The fourth-order valence-electron chi connectivity index (χ4n) is 2.46. The van der Waals surface area contributed by atoms with Crippen molar-refractivity contribution in [1.29, 1.82) is 0 Å². The molecule has 0 saturated carbocycles. The molecule has 0 atom stereocenters. The minimum atomic E-state index is -4.39. The third kappa shape index (κ3) is 6.51. The summed E-state index contributed by atoms with van der Waals surface area (Å²) in [6, 6.07) is 13.2. The monoisotopic (exact) mass is 437 g/mol. The van der Waals surface area contributed by atoms with Crippen molar-refractivity contribution in [3.63, 3.8) is 0 Å². The minimum Gasteiger partial charge on any atom is -0.484 e. The molecule has 0 spiro atoms. The van der Waals surface area contributed by atoms with Crippen LogP contribution >= 0.6 is 11.8 Å². The van der Waals surface area contributed by atoms with E-state index in [0.717, 1.165) is 10.5 Å². The van der Waals surface area contributed by atoms with Crippen molar-refractivity contribution in [2.45, 2.75) is 30.3 Å². The highest BCUT2D eigenvalue weighted by molar-refractivity contribution is 7.98. The van der Waals surface area contributed by atoms with E-state index in [-0.39, 0.29) is 18.2 Å². The molecular weight excluding hydrogens is 419 g/mol. The number of thioether (sulfide) groups is 1. The molecule has 1 aromatic heterocycles. The van der Waals surface area contributed by atoms with Gasteiger partial charge in [-0.25, -0.2) is 0 Å². The van der Waals surface area contributed by atoms with Gasteiger partial charge in [-0.15, -0.1) is 11.8 Å². The number of nitrogens with zero attached hydrogens (tertiary/aromatic N) is 2. The van der Waals surface area contributed by atoms with Crippen LogP contribution < -0.4 is 10.1 Å². The van der Waals surface area contributed by atoms with Crippen LogP contribution in [0.3, 0.4) is 0 Å². The van der Waals surface area contributed by atoms with Crippen molar-refractivity contribution in [1.82, 2.24) is 15.5 Å². The first-order valence-electron chi connectivity index (χ1n) is 8.88. The Balaban J connectivity index is 1.56. The Kier molecular flexibility index (Phi) is 6.99. The first kappa shape index (κ1) is 21.7. The van der Waals surface area contributed by atoms with Crippen LogP contribution in [0.5, 0.6) is 5.75 Å². The molecule has 0 aliphatic carbocycles. The van der Waals surface area contributed by atoms with Crippen molar-refractivity contribution >= 4 is 17.7 Å². The zero-order chi connectivity index (χ0) is 21.6. The topological polar surface area (TPSA) is 77.2 Å². The summed E-state index contributed by atoms with van der Waals surface area (Å²) < 4.78 is 46.3. The lowest BCUT2D eigenvalue weighted by atomic mass is 10.2. The Hall–Kier alpha value is -3.01. The summed E-state index contributed by atoms with van der Waals surface area (Å²) in [5.74, 6) is 1.30. The first-order chi connectivity index (χ1) is 14.3. The summed E-state index contributed by atoms with van der Waals surface area (Å²) in [5.41, 5.74) is 1.23. The number of rotatable bonds is 8. The van der Waals surface area contributed by atoms with Gasteiger partial charge in [0.25, 0.3) is 5.91 Å². The van der Waals surface area contributed by atoms with Crippen molar-refractivity contribution in [2.24, 2.45) is 0 Å². The Morgan fingerprint density at radius 2 is 1.90 bits per heavy atom. The summed E-state index contributed by atoms with van der Waals surface area (Å²) in [7, 11) is 0. The number of benzene rings is 2. The zero-order valence-corrected chi connectivity index (χ0v) is 16.7. The van der Waals surface area contributed by atoms with Crippen LogP contribution in [0.2, 0.25) is 0 Å². The van der Waals surface area contributed by atoms with Gasteiger partial charge < -0.3 is 14.6 Å². The summed E-state index contributed by atoms with van der Waals surface area (Å²) >= 11 is 1.41. The van der Waals surface area contributed by atoms with Gasteiger partial charge in [0.2, 0.25) is 5.89 Å². The van der Waals surface area contributed by atoms with Crippen molar-refractivity contribution in [3.05, 3.63) is 71.4 Å². The molecule has 0 aliphatic heterocycles. The molecule has 0 saturated heterocycles. The SMILES string of the molecule is Cc1noc(CSc2ccccc2C(=O)NCc2ccc(OCC(F)(F)F)cc2)n1. The van der Waals surface area contributed by atoms with E-state index >= 15 is 0 Å². The molecule has 3 rings (SSSR count). The van der Waals surface area contributed by atoms with Gasteiger partial charge in [-0.1, -0.05) is 29.4 Å². The lowest BCUT2D eigenvalue weighted by Crippen LogP contribution is -2.23. The largest absolute Gasteiger partial charge is 0.484 e. The molecule has 0 fully saturated rings. The number of ether oxygens (including phenoxy) is 1. The predicted molar refractivity (Wildman–Crippen MR) is 104 cm³/mol. The molecule has 0 radical (unpaired) electrons. The van der Waals surface area contributed by atoms with E-state index in [9.17, 15) is 18.0 Å². The zero-order valence-electron chi connectivity index (χ0n) is 15.9. The number of alkyl halides is 3. The quantitative estimate of drug-likeness (QED) is 0.522. The Labute approximate surface area is 174 Å². The number of carbonyl (C=O) groups is 1. The fourth-order valence-corrected chi connectivity index (χ4v) is 3.35. The smallest absolute Gasteiger partial charge is 0.422 e. The third-order valence-corrected chi connectivity index (χ3v) is 4.89. The van der Waals surface area contributed by atoms with E-state index in [1.807, 2.05) is 12.1 Å². The Morgan fingerprint density at radius 3 is 2.57 bits per heavy atom. The second-order valence-corrected chi connectivity index (χ2v) is 7.27. The summed E-state index contributed by atoms with van der Waals surface area (Å²) in [6.07, 6.45) is -4.39. The highest BCUT2D eigenvalue weighted by Crippen LogP contribution is 2.26. The van der Waals surface area contributed by atoms with E-state index in [2.05, 4.69) is 20.2 Å². The maximum absolute atomic E-state index is 12.6. The molecule has 2 aromatic carbocycles. The second kappa shape index (κ2) is 9.66. The normalized spacial score (nSPS) is 11.3. The number of hydrogen-bond donors (Lipinski definition) is 1. The van der Waals surface area contributed by atoms with Gasteiger partial charge in [-0.3, -0.25) is 4.79 Å². The standard InChI is InChI=1S/C20H18F3N3O3S/c1-13-25-18(29-26-13)11-30-17-5-3-2-4-16(17)19(27)24-10-14-6-8-15(9-7-14)28-12-20(21,22)23/h2-9H,10-12H2,1H3,(H,24,27). The van der Waals surface area contributed by atoms with Gasteiger partial charge in [0.1, 0.15) is 5.75 Å². The van der Waals surface area contributed by atoms with Crippen LogP contribution in [0.15, 0.2) is 57.9 Å². The molecular formula is C20H18F3N3O3S. The molecule has 0 aliphatic rings. The van der Waals surface area contributed by atoms with Gasteiger partial charge in [-0.05, 0) is 36.8 Å². The number of halogens is 3.